The van der Waals surface area contributed by atoms with Crippen LogP contribution >= 0.6 is 22.6 Å². The highest BCUT2D eigenvalue weighted by molar-refractivity contribution is 14.1. The van der Waals surface area contributed by atoms with Gasteiger partial charge in [-0.1, -0.05) is 54.6 Å². The number of halogens is 1. The van der Waals surface area contributed by atoms with Crippen LogP contribution in [-0.4, -0.2) is 17.0 Å². The van der Waals surface area contributed by atoms with Gasteiger partial charge in [0.25, 0.3) is 5.91 Å². The number of aliphatic carboxylic acids is 1. The fourth-order valence-corrected chi connectivity index (χ4v) is 3.63. The molecule has 0 bridgehead atoms. The summed E-state index contributed by atoms with van der Waals surface area (Å²) < 4.78 is 6.84. The lowest BCUT2D eigenvalue weighted by Gasteiger charge is -2.09. The van der Waals surface area contributed by atoms with Gasteiger partial charge in [0.15, 0.2) is 0 Å². The number of carboxylic acid groups (broad SMARTS) is 1. The fourth-order valence-electron chi connectivity index (χ4n) is 3.13. The molecule has 0 spiro atoms. The normalized spacial score (nSPS) is 11.2. The van der Waals surface area contributed by atoms with E-state index in [-0.39, 0.29) is 5.70 Å². The van der Waals surface area contributed by atoms with Gasteiger partial charge in [0.05, 0.1) is 3.57 Å². The van der Waals surface area contributed by atoms with E-state index in [0.717, 1.165) is 20.1 Å². The van der Waals surface area contributed by atoms with Crippen molar-refractivity contribution in [1.82, 2.24) is 5.32 Å². The molecule has 2 N–H and O–H groups in total. The molecule has 4 aromatic rings. The van der Waals surface area contributed by atoms with Crippen molar-refractivity contribution in [3.8, 4) is 11.5 Å². The highest BCUT2D eigenvalue weighted by Crippen LogP contribution is 2.26. The maximum Gasteiger partial charge on any atom is 0.352 e. The summed E-state index contributed by atoms with van der Waals surface area (Å²) in [5, 5.41) is 14.0. The van der Waals surface area contributed by atoms with Gasteiger partial charge in [0.2, 0.25) is 0 Å². The number of carboxylic acids is 1. The van der Waals surface area contributed by atoms with Crippen molar-refractivity contribution in [3.05, 3.63) is 111 Å². The van der Waals surface area contributed by atoms with Crippen LogP contribution in [0.25, 0.3) is 16.8 Å². The first kappa shape index (κ1) is 21.6. The number of amides is 1. The molecule has 0 atom stereocenters. The summed E-state index contributed by atoms with van der Waals surface area (Å²) in [5.41, 5.74) is 0.794. The quantitative estimate of drug-likeness (QED) is 0.232. The van der Waals surface area contributed by atoms with Crippen LogP contribution in [0.1, 0.15) is 15.9 Å². The molecule has 0 fully saturated rings. The van der Waals surface area contributed by atoms with Gasteiger partial charge in [0.1, 0.15) is 17.2 Å². The molecule has 0 aliphatic heterocycles. The SMILES string of the molecule is O=C(O)C(=Cc1ccc(Oc2ccccc2I)cc1)NC(=O)c1ccc2ccccc2c1. The predicted octanol–water partition coefficient (Wildman–Crippen LogP) is 6.09. The topological polar surface area (TPSA) is 75.6 Å². The fraction of sp³-hybridized carbons (Fsp3) is 0. The van der Waals surface area contributed by atoms with Gasteiger partial charge < -0.3 is 15.2 Å². The molecule has 0 unspecified atom stereocenters. The molecule has 0 radical (unpaired) electrons. The number of para-hydroxylation sites is 1. The Morgan fingerprint density at radius 3 is 2.25 bits per heavy atom. The number of benzene rings is 4. The van der Waals surface area contributed by atoms with Crippen LogP contribution in [0.15, 0.2) is 96.7 Å². The number of carbonyl (C=O) groups is 2. The molecule has 0 aromatic heterocycles. The van der Waals surface area contributed by atoms with Crippen LogP contribution in [0.5, 0.6) is 11.5 Å². The molecule has 1 amide bonds. The number of rotatable bonds is 6. The van der Waals surface area contributed by atoms with Crippen molar-refractivity contribution in [3.63, 3.8) is 0 Å². The smallest absolute Gasteiger partial charge is 0.352 e. The highest BCUT2D eigenvalue weighted by atomic mass is 127. The monoisotopic (exact) mass is 535 g/mol. The Morgan fingerprint density at radius 1 is 0.844 bits per heavy atom. The average Bonchev–Trinajstić information content (AvgIpc) is 2.81. The van der Waals surface area contributed by atoms with Gasteiger partial charge in [-0.05, 0) is 81.4 Å². The van der Waals surface area contributed by atoms with Gasteiger partial charge in [-0.3, -0.25) is 4.79 Å². The van der Waals surface area contributed by atoms with Gasteiger partial charge in [-0.25, -0.2) is 4.79 Å². The Balaban J connectivity index is 1.51. The first-order chi connectivity index (χ1) is 15.5. The van der Waals surface area contributed by atoms with Crippen LogP contribution in [0.3, 0.4) is 0 Å². The molecule has 4 rings (SSSR count). The molecule has 158 valence electrons. The Morgan fingerprint density at radius 2 is 1.53 bits per heavy atom. The van der Waals surface area contributed by atoms with Crippen molar-refractivity contribution in [2.45, 2.75) is 0 Å². The van der Waals surface area contributed by atoms with Crippen molar-refractivity contribution in [2.24, 2.45) is 0 Å². The van der Waals surface area contributed by atoms with E-state index in [1.807, 2.05) is 54.6 Å². The third kappa shape index (κ3) is 5.15. The summed E-state index contributed by atoms with van der Waals surface area (Å²) in [6.45, 7) is 0. The van der Waals surface area contributed by atoms with E-state index in [1.54, 1.807) is 36.4 Å². The highest BCUT2D eigenvalue weighted by Gasteiger charge is 2.14. The Bertz CT molecular complexity index is 1330. The lowest BCUT2D eigenvalue weighted by atomic mass is 10.1. The van der Waals surface area contributed by atoms with Crippen molar-refractivity contribution >= 4 is 51.3 Å². The van der Waals surface area contributed by atoms with Crippen LogP contribution in [0.4, 0.5) is 0 Å². The number of hydrogen-bond acceptors (Lipinski definition) is 3. The largest absolute Gasteiger partial charge is 0.477 e. The number of nitrogens with one attached hydrogen (secondary N) is 1. The Hall–Kier alpha value is -3.65. The Kier molecular flexibility index (Phi) is 6.51. The second-order valence-corrected chi connectivity index (χ2v) is 8.14. The molecule has 5 nitrogen and oxygen atoms in total. The molecule has 6 heteroatoms. The lowest BCUT2D eigenvalue weighted by Crippen LogP contribution is -2.27. The van der Waals surface area contributed by atoms with Crippen molar-refractivity contribution < 1.29 is 19.4 Å². The summed E-state index contributed by atoms with van der Waals surface area (Å²) in [6.07, 6.45) is 1.41. The van der Waals surface area contributed by atoms with E-state index < -0.39 is 11.9 Å². The van der Waals surface area contributed by atoms with E-state index >= 15 is 0 Å². The van der Waals surface area contributed by atoms with E-state index in [0.29, 0.717) is 16.9 Å². The van der Waals surface area contributed by atoms with Gasteiger partial charge in [-0.2, -0.15) is 0 Å². The third-order valence-corrected chi connectivity index (χ3v) is 5.64. The zero-order chi connectivity index (χ0) is 22.5. The molecular weight excluding hydrogens is 517 g/mol. The molecule has 0 aliphatic rings. The van der Waals surface area contributed by atoms with E-state index in [1.165, 1.54) is 6.08 Å². The number of hydrogen-bond donors (Lipinski definition) is 2. The summed E-state index contributed by atoms with van der Waals surface area (Å²) >= 11 is 2.20. The zero-order valence-electron chi connectivity index (χ0n) is 16.8. The molecular formula is C26H18INO4. The van der Waals surface area contributed by atoms with E-state index in [2.05, 4.69) is 27.9 Å². The predicted molar refractivity (Wildman–Crippen MR) is 133 cm³/mol. The van der Waals surface area contributed by atoms with Crippen molar-refractivity contribution in [1.29, 1.82) is 0 Å². The minimum absolute atomic E-state index is 0.213. The van der Waals surface area contributed by atoms with Crippen molar-refractivity contribution in [2.75, 3.05) is 0 Å². The maximum absolute atomic E-state index is 12.6. The first-order valence-electron chi connectivity index (χ1n) is 9.77. The number of fused-ring (bicyclic) bond motifs is 1. The minimum atomic E-state index is -1.22. The molecule has 0 heterocycles. The van der Waals surface area contributed by atoms with Crippen LogP contribution in [-0.2, 0) is 4.79 Å². The summed E-state index contributed by atoms with van der Waals surface area (Å²) in [5.74, 6) is -0.338. The molecule has 0 saturated carbocycles. The second kappa shape index (κ2) is 9.65. The van der Waals surface area contributed by atoms with Crippen LogP contribution < -0.4 is 10.1 Å². The van der Waals surface area contributed by atoms with E-state index in [9.17, 15) is 14.7 Å². The van der Waals surface area contributed by atoms with Gasteiger partial charge in [-0.15, -0.1) is 0 Å². The third-order valence-electron chi connectivity index (χ3n) is 4.75. The summed E-state index contributed by atoms with van der Waals surface area (Å²) in [4.78, 5) is 24.4. The summed E-state index contributed by atoms with van der Waals surface area (Å²) in [7, 11) is 0. The summed E-state index contributed by atoms with van der Waals surface area (Å²) in [6, 6.07) is 27.5. The zero-order valence-corrected chi connectivity index (χ0v) is 18.9. The lowest BCUT2D eigenvalue weighted by molar-refractivity contribution is -0.132. The Labute approximate surface area is 198 Å². The molecule has 32 heavy (non-hydrogen) atoms. The maximum atomic E-state index is 12.6. The van der Waals surface area contributed by atoms with Crippen LogP contribution in [0, 0.1) is 3.57 Å². The van der Waals surface area contributed by atoms with E-state index in [4.69, 9.17) is 4.74 Å². The standard InChI is InChI=1S/C26H18INO4/c27-22-7-3-4-8-24(22)32-21-13-9-17(10-14-21)15-23(26(30)31)28-25(29)20-12-11-18-5-1-2-6-19(18)16-20/h1-16H,(H,28,29)(H,30,31). The van der Waals surface area contributed by atoms with Gasteiger partial charge in [0, 0.05) is 5.56 Å². The van der Waals surface area contributed by atoms with Gasteiger partial charge >= 0.3 is 5.97 Å². The molecule has 0 aliphatic carbocycles. The number of ether oxygens (including phenoxy) is 1. The second-order valence-electron chi connectivity index (χ2n) is 6.98. The van der Waals surface area contributed by atoms with Crippen LogP contribution in [0.2, 0.25) is 0 Å². The molecule has 4 aromatic carbocycles. The number of carbonyl (C=O) groups excluding carboxylic acids is 1. The average molecular weight is 535 g/mol. The first-order valence-corrected chi connectivity index (χ1v) is 10.8. The minimum Gasteiger partial charge on any atom is -0.477 e. The molecule has 0 saturated heterocycles.